The third-order valence-electron chi connectivity index (χ3n) is 3.77. The summed E-state index contributed by atoms with van der Waals surface area (Å²) in [5.41, 5.74) is 1.11. The van der Waals surface area contributed by atoms with Gasteiger partial charge in [-0.3, -0.25) is 9.88 Å². The second kappa shape index (κ2) is 7.73. The van der Waals surface area contributed by atoms with Gasteiger partial charge in [0, 0.05) is 19.3 Å². The Balaban J connectivity index is 2.12. The van der Waals surface area contributed by atoms with Gasteiger partial charge in [-0.2, -0.15) is 0 Å². The molecule has 0 spiro atoms. The minimum atomic E-state index is 0.127. The topological polar surface area (TPSA) is 46.6 Å². The van der Waals surface area contributed by atoms with E-state index in [1.807, 2.05) is 27.1 Å². The van der Waals surface area contributed by atoms with Crippen molar-refractivity contribution in [2.75, 3.05) is 33.3 Å². The van der Waals surface area contributed by atoms with Crippen LogP contribution in [0.4, 0.5) is 0 Å². The Kier molecular flexibility index (Phi) is 5.96. The normalized spacial score (nSPS) is 21.5. The maximum absolute atomic E-state index is 5.97. The van der Waals surface area contributed by atoms with E-state index < -0.39 is 0 Å². The lowest BCUT2D eigenvalue weighted by Crippen LogP contribution is -2.47. The first kappa shape index (κ1) is 16.2. The number of hydrogen-bond acceptors (Lipinski definition) is 5. The van der Waals surface area contributed by atoms with Gasteiger partial charge in [0.15, 0.2) is 0 Å². The molecule has 1 fully saturated rings. The molecule has 1 N–H and O–H groups in total. The first-order chi connectivity index (χ1) is 10.1. The predicted molar refractivity (Wildman–Crippen MR) is 83.7 cm³/mol. The molecule has 2 atom stereocenters. The number of pyridine rings is 1. The number of nitrogens with zero attached hydrogens (tertiary/aromatic N) is 2. The summed E-state index contributed by atoms with van der Waals surface area (Å²) in [4.78, 5) is 6.72. The monoisotopic (exact) mass is 293 g/mol. The summed E-state index contributed by atoms with van der Waals surface area (Å²) in [6, 6.07) is 2.19. The molecule has 5 heteroatoms. The van der Waals surface area contributed by atoms with Crippen LogP contribution in [0.1, 0.15) is 32.4 Å². The minimum absolute atomic E-state index is 0.127. The van der Waals surface area contributed by atoms with E-state index in [-0.39, 0.29) is 18.2 Å². The van der Waals surface area contributed by atoms with E-state index in [1.165, 1.54) is 0 Å². The summed E-state index contributed by atoms with van der Waals surface area (Å²) < 4.78 is 11.7. The Morgan fingerprint density at radius 3 is 2.95 bits per heavy atom. The van der Waals surface area contributed by atoms with E-state index >= 15 is 0 Å². The fraction of sp³-hybridized carbons (Fsp3) is 0.688. The standard InChI is InChI=1S/C16H27N3O2/c1-5-19-6-7-20-15(11-19)16(17-4)13-8-14(10-18-9-13)21-12(2)3/h8-10,12,15-17H,5-7,11H2,1-4H3. The molecular formula is C16H27N3O2. The molecule has 0 aliphatic carbocycles. The van der Waals surface area contributed by atoms with E-state index in [0.29, 0.717) is 0 Å². The van der Waals surface area contributed by atoms with Crippen LogP contribution in [0, 0.1) is 0 Å². The number of likely N-dealkylation sites (N-methyl/N-ethyl adjacent to an activating group) is 2. The van der Waals surface area contributed by atoms with Crippen LogP contribution >= 0.6 is 0 Å². The number of rotatable bonds is 6. The van der Waals surface area contributed by atoms with Crippen molar-refractivity contribution in [3.63, 3.8) is 0 Å². The average molecular weight is 293 g/mol. The second-order valence-electron chi connectivity index (χ2n) is 5.69. The van der Waals surface area contributed by atoms with Crippen molar-refractivity contribution in [3.8, 4) is 5.75 Å². The lowest BCUT2D eigenvalue weighted by Gasteiger charge is -2.36. The van der Waals surface area contributed by atoms with Crippen molar-refractivity contribution < 1.29 is 9.47 Å². The lowest BCUT2D eigenvalue weighted by atomic mass is 10.0. The highest BCUT2D eigenvalue weighted by molar-refractivity contribution is 5.27. The molecule has 1 saturated heterocycles. The molecule has 0 bridgehead atoms. The molecule has 118 valence electrons. The van der Waals surface area contributed by atoms with Crippen LogP contribution in [0.25, 0.3) is 0 Å². The predicted octanol–water partition coefficient (Wildman–Crippen LogP) is 1.85. The lowest BCUT2D eigenvalue weighted by molar-refractivity contribution is -0.0445. The maximum atomic E-state index is 5.97. The molecule has 21 heavy (non-hydrogen) atoms. The van der Waals surface area contributed by atoms with Crippen LogP contribution in [0.5, 0.6) is 5.75 Å². The fourth-order valence-electron chi connectivity index (χ4n) is 2.73. The highest BCUT2D eigenvalue weighted by atomic mass is 16.5. The van der Waals surface area contributed by atoms with Crippen LogP contribution in [-0.2, 0) is 4.74 Å². The third kappa shape index (κ3) is 4.40. The van der Waals surface area contributed by atoms with Gasteiger partial charge in [0.1, 0.15) is 5.75 Å². The number of ether oxygens (including phenoxy) is 2. The van der Waals surface area contributed by atoms with Crippen LogP contribution in [0.2, 0.25) is 0 Å². The zero-order valence-corrected chi connectivity index (χ0v) is 13.5. The molecule has 1 aliphatic heterocycles. The molecule has 2 heterocycles. The summed E-state index contributed by atoms with van der Waals surface area (Å²) >= 11 is 0. The zero-order valence-electron chi connectivity index (χ0n) is 13.5. The van der Waals surface area contributed by atoms with Crippen molar-refractivity contribution in [3.05, 3.63) is 24.0 Å². The van der Waals surface area contributed by atoms with Crippen LogP contribution in [0.3, 0.4) is 0 Å². The molecule has 2 unspecified atom stereocenters. The number of nitrogens with one attached hydrogen (secondary N) is 1. The first-order valence-corrected chi connectivity index (χ1v) is 7.76. The van der Waals surface area contributed by atoms with E-state index in [1.54, 1.807) is 6.20 Å². The molecule has 0 aromatic carbocycles. The Morgan fingerprint density at radius 1 is 1.48 bits per heavy atom. The van der Waals surface area contributed by atoms with E-state index in [2.05, 4.69) is 28.2 Å². The van der Waals surface area contributed by atoms with Gasteiger partial charge in [0.2, 0.25) is 0 Å². The van der Waals surface area contributed by atoms with Gasteiger partial charge in [-0.1, -0.05) is 6.92 Å². The van der Waals surface area contributed by atoms with Crippen molar-refractivity contribution in [2.45, 2.75) is 39.0 Å². The van der Waals surface area contributed by atoms with Gasteiger partial charge in [0.05, 0.1) is 31.1 Å². The SMILES string of the molecule is CCN1CCOC(C(NC)c2cncc(OC(C)C)c2)C1. The zero-order chi connectivity index (χ0) is 15.2. The summed E-state index contributed by atoms with van der Waals surface area (Å²) in [6.45, 7) is 10.0. The molecule has 5 nitrogen and oxygen atoms in total. The van der Waals surface area contributed by atoms with Gasteiger partial charge in [-0.05, 0) is 39.1 Å². The highest BCUT2D eigenvalue weighted by Crippen LogP contribution is 2.24. The van der Waals surface area contributed by atoms with Crippen LogP contribution < -0.4 is 10.1 Å². The van der Waals surface area contributed by atoms with Crippen molar-refractivity contribution >= 4 is 0 Å². The van der Waals surface area contributed by atoms with Crippen molar-refractivity contribution in [2.24, 2.45) is 0 Å². The average Bonchev–Trinajstić information content (AvgIpc) is 2.48. The van der Waals surface area contributed by atoms with Gasteiger partial charge >= 0.3 is 0 Å². The summed E-state index contributed by atoms with van der Waals surface area (Å²) in [5.74, 6) is 0.811. The number of hydrogen-bond donors (Lipinski definition) is 1. The Labute approximate surface area is 127 Å². The summed E-state index contributed by atoms with van der Waals surface area (Å²) in [7, 11) is 1.97. The van der Waals surface area contributed by atoms with Gasteiger partial charge in [-0.15, -0.1) is 0 Å². The van der Waals surface area contributed by atoms with Gasteiger partial charge in [0.25, 0.3) is 0 Å². The highest BCUT2D eigenvalue weighted by Gasteiger charge is 2.28. The fourth-order valence-corrected chi connectivity index (χ4v) is 2.73. The second-order valence-corrected chi connectivity index (χ2v) is 5.69. The molecule has 1 aromatic rings. The number of aromatic nitrogens is 1. The van der Waals surface area contributed by atoms with E-state index in [9.17, 15) is 0 Å². The Bertz CT molecular complexity index is 439. The number of morpholine rings is 1. The van der Waals surface area contributed by atoms with Gasteiger partial charge in [-0.25, -0.2) is 0 Å². The largest absolute Gasteiger partial charge is 0.489 e. The van der Waals surface area contributed by atoms with Crippen molar-refractivity contribution in [1.29, 1.82) is 0 Å². The first-order valence-electron chi connectivity index (χ1n) is 7.76. The molecule has 1 aromatic heterocycles. The molecule has 0 amide bonds. The molecule has 0 saturated carbocycles. The molecule has 1 aliphatic rings. The van der Waals surface area contributed by atoms with Crippen LogP contribution in [-0.4, -0.2) is 55.4 Å². The van der Waals surface area contributed by atoms with Crippen LogP contribution in [0.15, 0.2) is 18.5 Å². The van der Waals surface area contributed by atoms with Gasteiger partial charge < -0.3 is 14.8 Å². The molecule has 2 rings (SSSR count). The summed E-state index contributed by atoms with van der Waals surface area (Å²) in [6.07, 6.45) is 3.94. The summed E-state index contributed by atoms with van der Waals surface area (Å²) in [5, 5.41) is 3.37. The minimum Gasteiger partial charge on any atom is -0.489 e. The Morgan fingerprint density at radius 2 is 2.29 bits per heavy atom. The van der Waals surface area contributed by atoms with Crippen molar-refractivity contribution in [1.82, 2.24) is 15.2 Å². The quantitative estimate of drug-likeness (QED) is 0.867. The van der Waals surface area contributed by atoms with E-state index in [0.717, 1.165) is 37.6 Å². The maximum Gasteiger partial charge on any atom is 0.138 e. The van der Waals surface area contributed by atoms with E-state index in [4.69, 9.17) is 9.47 Å². The molecular weight excluding hydrogens is 266 g/mol. The molecule has 0 radical (unpaired) electrons. The third-order valence-corrected chi connectivity index (χ3v) is 3.77. The Hall–Kier alpha value is -1.17. The smallest absolute Gasteiger partial charge is 0.138 e.